The van der Waals surface area contributed by atoms with Gasteiger partial charge in [0.2, 0.25) is 5.91 Å². The zero-order valence-corrected chi connectivity index (χ0v) is 25.5. The second-order valence-corrected chi connectivity index (χ2v) is 12.0. The summed E-state index contributed by atoms with van der Waals surface area (Å²) >= 11 is 12.4. The van der Waals surface area contributed by atoms with Crippen LogP contribution in [0.2, 0.25) is 10.2 Å². The summed E-state index contributed by atoms with van der Waals surface area (Å²) in [5.41, 5.74) is 1.61. The van der Waals surface area contributed by atoms with Crippen LogP contribution in [0.4, 0.5) is 5.69 Å². The monoisotopic (exact) mass is 630 g/mol. The minimum atomic E-state index is -1.08. The van der Waals surface area contributed by atoms with E-state index in [0.29, 0.717) is 33.5 Å². The highest BCUT2D eigenvalue weighted by Gasteiger charge is 2.31. The minimum Gasteiger partial charge on any atom is -0.478 e. The van der Waals surface area contributed by atoms with Gasteiger partial charge >= 0.3 is 5.97 Å². The number of carbonyl (C=O) groups is 2. The van der Waals surface area contributed by atoms with Crippen LogP contribution >= 0.6 is 23.2 Å². The Kier molecular flexibility index (Phi) is 8.66. The SMILES string of the molecule is CC(C)(C)c1nc(-c2cc(Cl)ccc2-n2cc(Cl)nn2)cc(=O)n1[C@@H](Cc1ccccc1)C(=O)Nc1ccc(C(=O)O)cc1. The van der Waals surface area contributed by atoms with Crippen LogP contribution in [-0.2, 0) is 16.6 Å². The summed E-state index contributed by atoms with van der Waals surface area (Å²) in [4.78, 5) is 44.3. The number of amides is 1. The highest BCUT2D eigenvalue weighted by molar-refractivity contribution is 6.31. The molecule has 5 rings (SSSR count). The summed E-state index contributed by atoms with van der Waals surface area (Å²) < 4.78 is 2.90. The van der Waals surface area contributed by atoms with Crippen molar-refractivity contribution in [3.63, 3.8) is 0 Å². The van der Waals surface area contributed by atoms with Crippen molar-refractivity contribution in [3.8, 4) is 16.9 Å². The average Bonchev–Trinajstić information content (AvgIpc) is 3.42. The number of carbonyl (C=O) groups excluding carboxylic acids is 1. The van der Waals surface area contributed by atoms with Gasteiger partial charge in [0.25, 0.3) is 5.56 Å². The highest BCUT2D eigenvalue weighted by atomic mass is 35.5. The van der Waals surface area contributed by atoms with Gasteiger partial charge in [-0.2, -0.15) is 0 Å². The van der Waals surface area contributed by atoms with E-state index in [-0.39, 0.29) is 17.1 Å². The van der Waals surface area contributed by atoms with Crippen molar-refractivity contribution in [2.45, 2.75) is 38.6 Å². The number of hydrogen-bond donors (Lipinski definition) is 2. The van der Waals surface area contributed by atoms with Gasteiger partial charge in [0.15, 0.2) is 5.15 Å². The predicted octanol–water partition coefficient (Wildman–Crippen LogP) is 6.22. The number of rotatable bonds is 8. The number of carboxylic acids is 1. The first-order valence-electron chi connectivity index (χ1n) is 13.6. The Balaban J connectivity index is 1.65. The van der Waals surface area contributed by atoms with Crippen molar-refractivity contribution >= 4 is 40.8 Å². The second kappa shape index (κ2) is 12.4. The lowest BCUT2D eigenvalue weighted by Crippen LogP contribution is -2.40. The van der Waals surface area contributed by atoms with Crippen LogP contribution < -0.4 is 10.9 Å². The summed E-state index contributed by atoms with van der Waals surface area (Å²) in [5, 5.41) is 20.6. The van der Waals surface area contributed by atoms with Crippen LogP contribution in [0.1, 0.15) is 48.6 Å². The normalized spacial score (nSPS) is 12.1. The van der Waals surface area contributed by atoms with E-state index in [1.165, 1.54) is 45.8 Å². The van der Waals surface area contributed by atoms with Crippen LogP contribution in [0.5, 0.6) is 0 Å². The molecule has 0 saturated heterocycles. The molecule has 0 saturated carbocycles. The number of hydrogen-bond acceptors (Lipinski definition) is 6. The topological polar surface area (TPSA) is 132 Å². The molecule has 0 spiro atoms. The number of benzene rings is 3. The fourth-order valence-electron chi connectivity index (χ4n) is 4.79. The van der Waals surface area contributed by atoms with Gasteiger partial charge < -0.3 is 10.4 Å². The standard InChI is InChI=1S/C32H28Cl2N6O4/c1-32(2,3)31-36-24(23-16-21(33)11-14-25(23)39-18-27(34)37-38-39)17-28(41)40(31)26(15-19-7-5-4-6-8-19)29(42)35-22-12-9-20(10-13-22)30(43)44/h4-14,16-18,26H,15H2,1-3H3,(H,35,42)(H,43,44)/t26-/m0/s1. The number of anilines is 1. The van der Waals surface area contributed by atoms with Gasteiger partial charge in [-0.25, -0.2) is 14.5 Å². The fourth-order valence-corrected chi connectivity index (χ4v) is 5.09. The third kappa shape index (κ3) is 6.72. The van der Waals surface area contributed by atoms with E-state index in [1.54, 1.807) is 18.2 Å². The summed E-state index contributed by atoms with van der Waals surface area (Å²) in [5.74, 6) is -1.16. The van der Waals surface area contributed by atoms with E-state index in [1.807, 2.05) is 51.1 Å². The zero-order chi connectivity index (χ0) is 31.6. The molecule has 0 fully saturated rings. The van der Waals surface area contributed by atoms with Crippen molar-refractivity contribution in [2.75, 3.05) is 5.32 Å². The number of aromatic nitrogens is 5. The first-order valence-corrected chi connectivity index (χ1v) is 14.4. The van der Waals surface area contributed by atoms with Crippen LogP contribution in [0, 0.1) is 0 Å². The summed E-state index contributed by atoms with van der Waals surface area (Å²) in [6.07, 6.45) is 1.73. The molecular formula is C32H28Cl2N6O4. The first-order chi connectivity index (χ1) is 20.9. The molecule has 44 heavy (non-hydrogen) atoms. The zero-order valence-electron chi connectivity index (χ0n) is 24.0. The van der Waals surface area contributed by atoms with Gasteiger partial charge in [-0.3, -0.25) is 14.2 Å². The van der Waals surface area contributed by atoms with Gasteiger partial charge in [-0.1, -0.05) is 79.5 Å². The lowest BCUT2D eigenvalue weighted by atomic mass is 9.93. The average molecular weight is 632 g/mol. The van der Waals surface area contributed by atoms with E-state index in [4.69, 9.17) is 28.2 Å². The molecular weight excluding hydrogens is 603 g/mol. The molecule has 0 aliphatic rings. The largest absolute Gasteiger partial charge is 0.478 e. The number of nitrogens with one attached hydrogen (secondary N) is 1. The van der Waals surface area contributed by atoms with E-state index in [2.05, 4.69) is 15.6 Å². The number of nitrogens with zero attached hydrogens (tertiary/aromatic N) is 5. The van der Waals surface area contributed by atoms with Gasteiger partial charge in [-0.05, 0) is 48.0 Å². The number of carboxylic acid groups (broad SMARTS) is 1. The second-order valence-electron chi connectivity index (χ2n) is 11.1. The fraction of sp³-hybridized carbons (Fsp3) is 0.188. The molecule has 3 aromatic carbocycles. The number of aromatic carboxylic acids is 1. The van der Waals surface area contributed by atoms with Gasteiger partial charge in [-0.15, -0.1) is 5.10 Å². The predicted molar refractivity (Wildman–Crippen MR) is 169 cm³/mol. The molecule has 0 unspecified atom stereocenters. The Hall–Kier alpha value is -4.80. The molecule has 1 atom stereocenters. The quantitative estimate of drug-likeness (QED) is 0.208. The minimum absolute atomic E-state index is 0.0865. The Bertz CT molecular complexity index is 1900. The summed E-state index contributed by atoms with van der Waals surface area (Å²) in [7, 11) is 0. The molecule has 0 aliphatic carbocycles. The molecule has 2 aromatic heterocycles. The van der Waals surface area contributed by atoms with Crippen LogP contribution in [0.3, 0.4) is 0 Å². The van der Waals surface area contributed by atoms with Crippen molar-refractivity contribution in [1.29, 1.82) is 0 Å². The highest BCUT2D eigenvalue weighted by Crippen LogP contribution is 2.31. The van der Waals surface area contributed by atoms with E-state index in [0.717, 1.165) is 5.56 Å². The maximum atomic E-state index is 14.1. The van der Waals surface area contributed by atoms with Crippen LogP contribution in [-0.4, -0.2) is 41.5 Å². The maximum Gasteiger partial charge on any atom is 0.335 e. The smallest absolute Gasteiger partial charge is 0.335 e. The van der Waals surface area contributed by atoms with E-state index >= 15 is 0 Å². The van der Waals surface area contributed by atoms with Crippen molar-refractivity contribution in [1.82, 2.24) is 24.5 Å². The third-order valence-electron chi connectivity index (χ3n) is 6.86. The van der Waals surface area contributed by atoms with E-state index in [9.17, 15) is 19.5 Å². The Morgan fingerprint density at radius 1 is 0.977 bits per heavy atom. The van der Waals surface area contributed by atoms with Gasteiger partial charge in [0.05, 0.1) is 23.1 Å². The van der Waals surface area contributed by atoms with Crippen molar-refractivity contribution in [3.05, 3.63) is 123 Å². The summed E-state index contributed by atoms with van der Waals surface area (Å²) in [6.45, 7) is 5.73. The Morgan fingerprint density at radius 3 is 2.30 bits per heavy atom. The molecule has 2 N–H and O–H groups in total. The van der Waals surface area contributed by atoms with E-state index < -0.39 is 28.9 Å². The molecule has 1 amide bonds. The number of halogens is 2. The van der Waals surface area contributed by atoms with Crippen LogP contribution in [0.25, 0.3) is 16.9 Å². The molecule has 12 heteroatoms. The Labute approximate surface area is 262 Å². The molecule has 0 aliphatic heterocycles. The first kappa shape index (κ1) is 30.7. The van der Waals surface area contributed by atoms with Crippen LogP contribution in [0.15, 0.2) is 89.9 Å². The molecule has 0 radical (unpaired) electrons. The molecule has 10 nitrogen and oxygen atoms in total. The molecule has 224 valence electrons. The lowest BCUT2D eigenvalue weighted by molar-refractivity contribution is -0.119. The maximum absolute atomic E-state index is 14.1. The lowest BCUT2D eigenvalue weighted by Gasteiger charge is -2.28. The van der Waals surface area contributed by atoms with Crippen molar-refractivity contribution < 1.29 is 14.7 Å². The summed E-state index contributed by atoms with van der Waals surface area (Å²) in [6, 6.07) is 20.6. The van der Waals surface area contributed by atoms with Crippen molar-refractivity contribution in [2.24, 2.45) is 0 Å². The molecule has 0 bridgehead atoms. The third-order valence-corrected chi connectivity index (χ3v) is 7.26. The van der Waals surface area contributed by atoms with Gasteiger partial charge in [0.1, 0.15) is 11.9 Å². The molecule has 5 aromatic rings. The van der Waals surface area contributed by atoms with Gasteiger partial charge in [0, 0.05) is 34.2 Å². The molecule has 2 heterocycles. The Morgan fingerprint density at radius 2 is 1.68 bits per heavy atom.